The fourth-order valence-corrected chi connectivity index (χ4v) is 1.76. The van der Waals surface area contributed by atoms with E-state index in [0.717, 1.165) is 25.1 Å². The van der Waals surface area contributed by atoms with Crippen molar-refractivity contribution in [2.75, 3.05) is 6.54 Å². The van der Waals surface area contributed by atoms with Gasteiger partial charge in [0.25, 0.3) is 0 Å². The van der Waals surface area contributed by atoms with Crippen LogP contribution in [0.15, 0.2) is 18.2 Å². The SMILES string of the molecule is Cl.NC(=O)c1cccc2c1CCNC2. The lowest BCUT2D eigenvalue weighted by molar-refractivity contribution is 0.0999. The summed E-state index contributed by atoms with van der Waals surface area (Å²) in [6.45, 7) is 1.77. The van der Waals surface area contributed by atoms with Gasteiger partial charge in [-0.2, -0.15) is 0 Å². The first-order valence-electron chi connectivity index (χ1n) is 4.40. The van der Waals surface area contributed by atoms with E-state index in [4.69, 9.17) is 5.73 Å². The Bertz CT molecular complexity index is 352. The summed E-state index contributed by atoms with van der Waals surface area (Å²) in [6.07, 6.45) is 0.897. The van der Waals surface area contributed by atoms with Crippen LogP contribution >= 0.6 is 12.4 Å². The zero-order valence-corrected chi connectivity index (χ0v) is 8.56. The molecule has 1 aromatic rings. The van der Waals surface area contributed by atoms with Crippen molar-refractivity contribution in [2.45, 2.75) is 13.0 Å². The summed E-state index contributed by atoms with van der Waals surface area (Å²) < 4.78 is 0. The number of carbonyl (C=O) groups excluding carboxylic acids is 1. The van der Waals surface area contributed by atoms with Crippen LogP contribution in [0.4, 0.5) is 0 Å². The molecule has 1 amide bonds. The minimum atomic E-state index is -0.321. The van der Waals surface area contributed by atoms with Crippen LogP contribution in [0.2, 0.25) is 0 Å². The highest BCUT2D eigenvalue weighted by molar-refractivity contribution is 5.94. The van der Waals surface area contributed by atoms with Crippen LogP contribution in [-0.4, -0.2) is 12.5 Å². The van der Waals surface area contributed by atoms with Gasteiger partial charge in [0.15, 0.2) is 0 Å². The Morgan fingerprint density at radius 1 is 1.43 bits per heavy atom. The maximum absolute atomic E-state index is 11.1. The van der Waals surface area contributed by atoms with Gasteiger partial charge in [-0.1, -0.05) is 12.1 Å². The Morgan fingerprint density at radius 2 is 2.21 bits per heavy atom. The van der Waals surface area contributed by atoms with Crippen molar-refractivity contribution in [2.24, 2.45) is 5.73 Å². The summed E-state index contributed by atoms with van der Waals surface area (Å²) in [5, 5.41) is 3.25. The van der Waals surface area contributed by atoms with Crippen LogP contribution in [0.5, 0.6) is 0 Å². The van der Waals surface area contributed by atoms with E-state index in [1.807, 2.05) is 12.1 Å². The first-order valence-corrected chi connectivity index (χ1v) is 4.40. The third-order valence-corrected chi connectivity index (χ3v) is 2.41. The van der Waals surface area contributed by atoms with Crippen molar-refractivity contribution in [3.05, 3.63) is 34.9 Å². The molecule has 0 fully saturated rings. The topological polar surface area (TPSA) is 55.1 Å². The molecule has 1 aliphatic heterocycles. The van der Waals surface area contributed by atoms with Crippen molar-refractivity contribution < 1.29 is 4.79 Å². The van der Waals surface area contributed by atoms with Gasteiger partial charge < -0.3 is 11.1 Å². The average molecular weight is 213 g/mol. The summed E-state index contributed by atoms with van der Waals surface area (Å²) in [5.41, 5.74) is 8.27. The number of rotatable bonds is 1. The number of primary amides is 1. The molecular weight excluding hydrogens is 200 g/mol. The van der Waals surface area contributed by atoms with Gasteiger partial charge in [0.05, 0.1) is 0 Å². The highest BCUT2D eigenvalue weighted by atomic mass is 35.5. The van der Waals surface area contributed by atoms with Crippen molar-refractivity contribution in [1.29, 1.82) is 0 Å². The normalized spacial score (nSPS) is 14.0. The van der Waals surface area contributed by atoms with Gasteiger partial charge in [-0.05, 0) is 30.2 Å². The van der Waals surface area contributed by atoms with Crippen molar-refractivity contribution in [1.82, 2.24) is 5.32 Å². The Balaban J connectivity index is 0.000000980. The number of amides is 1. The molecular formula is C10H13ClN2O. The number of hydrogen-bond donors (Lipinski definition) is 2. The molecule has 1 aliphatic rings. The van der Waals surface area contributed by atoms with Crippen LogP contribution in [0.1, 0.15) is 21.5 Å². The van der Waals surface area contributed by atoms with E-state index in [2.05, 4.69) is 5.32 Å². The molecule has 0 saturated heterocycles. The molecule has 2 rings (SSSR count). The van der Waals surface area contributed by atoms with Gasteiger partial charge in [0, 0.05) is 12.1 Å². The maximum atomic E-state index is 11.1. The van der Waals surface area contributed by atoms with E-state index in [0.29, 0.717) is 5.56 Å². The van der Waals surface area contributed by atoms with Crippen LogP contribution in [-0.2, 0) is 13.0 Å². The Hall–Kier alpha value is -1.06. The largest absolute Gasteiger partial charge is 0.366 e. The van der Waals surface area contributed by atoms with Crippen molar-refractivity contribution in [3.63, 3.8) is 0 Å². The summed E-state index contributed by atoms with van der Waals surface area (Å²) in [7, 11) is 0. The molecule has 76 valence electrons. The van der Waals surface area contributed by atoms with Gasteiger partial charge in [-0.3, -0.25) is 4.79 Å². The zero-order valence-electron chi connectivity index (χ0n) is 7.75. The lowest BCUT2D eigenvalue weighted by Crippen LogP contribution is -2.26. The van der Waals surface area contributed by atoms with Gasteiger partial charge in [-0.15, -0.1) is 12.4 Å². The smallest absolute Gasteiger partial charge is 0.248 e. The highest BCUT2D eigenvalue weighted by Crippen LogP contribution is 2.17. The number of halogens is 1. The van der Waals surface area contributed by atoms with Gasteiger partial charge in [0.2, 0.25) is 5.91 Å². The summed E-state index contributed by atoms with van der Waals surface area (Å²) >= 11 is 0. The molecule has 3 N–H and O–H groups in total. The number of nitrogens with one attached hydrogen (secondary N) is 1. The Kier molecular flexibility index (Phi) is 3.49. The highest BCUT2D eigenvalue weighted by Gasteiger charge is 2.14. The quantitative estimate of drug-likeness (QED) is 0.726. The molecule has 0 radical (unpaired) electrons. The number of fused-ring (bicyclic) bond motifs is 1. The standard InChI is InChI=1S/C10H12N2O.ClH/c11-10(13)9-3-1-2-7-6-12-5-4-8(7)9;/h1-3,12H,4-6H2,(H2,11,13);1H. The molecule has 0 aliphatic carbocycles. The molecule has 14 heavy (non-hydrogen) atoms. The van der Waals surface area contributed by atoms with E-state index in [1.54, 1.807) is 6.07 Å². The van der Waals surface area contributed by atoms with E-state index >= 15 is 0 Å². The average Bonchev–Trinajstić information content (AvgIpc) is 2.17. The minimum Gasteiger partial charge on any atom is -0.366 e. The van der Waals surface area contributed by atoms with E-state index in [9.17, 15) is 4.79 Å². The number of benzene rings is 1. The lowest BCUT2D eigenvalue weighted by Gasteiger charge is -2.18. The molecule has 0 aromatic heterocycles. The number of nitrogens with two attached hydrogens (primary N) is 1. The van der Waals surface area contributed by atoms with Crippen LogP contribution in [0, 0.1) is 0 Å². The Labute approximate surface area is 89.1 Å². The van der Waals surface area contributed by atoms with Gasteiger partial charge in [0.1, 0.15) is 0 Å². The first kappa shape index (κ1) is 11.0. The molecule has 0 spiro atoms. The van der Waals surface area contributed by atoms with Gasteiger partial charge >= 0.3 is 0 Å². The molecule has 0 unspecified atom stereocenters. The van der Waals surface area contributed by atoms with Crippen molar-refractivity contribution >= 4 is 18.3 Å². The minimum absolute atomic E-state index is 0. The van der Waals surface area contributed by atoms with Crippen LogP contribution < -0.4 is 11.1 Å². The molecule has 0 saturated carbocycles. The molecule has 0 atom stereocenters. The predicted molar refractivity (Wildman–Crippen MR) is 57.6 cm³/mol. The number of carbonyl (C=O) groups is 1. The van der Waals surface area contributed by atoms with Crippen LogP contribution in [0.3, 0.4) is 0 Å². The van der Waals surface area contributed by atoms with E-state index in [1.165, 1.54) is 5.56 Å². The molecule has 1 aromatic carbocycles. The van der Waals surface area contributed by atoms with Gasteiger partial charge in [-0.25, -0.2) is 0 Å². The maximum Gasteiger partial charge on any atom is 0.248 e. The molecule has 4 heteroatoms. The molecule has 1 heterocycles. The summed E-state index contributed by atoms with van der Waals surface area (Å²) in [6, 6.07) is 5.71. The lowest BCUT2D eigenvalue weighted by atomic mass is 9.95. The predicted octanol–water partition coefficient (Wildman–Crippen LogP) is 0.853. The molecule has 3 nitrogen and oxygen atoms in total. The van der Waals surface area contributed by atoms with E-state index < -0.39 is 0 Å². The molecule has 0 bridgehead atoms. The summed E-state index contributed by atoms with van der Waals surface area (Å²) in [5.74, 6) is -0.321. The van der Waals surface area contributed by atoms with E-state index in [-0.39, 0.29) is 18.3 Å². The second kappa shape index (κ2) is 4.44. The zero-order chi connectivity index (χ0) is 9.26. The van der Waals surface area contributed by atoms with Crippen molar-refractivity contribution in [3.8, 4) is 0 Å². The third kappa shape index (κ3) is 1.89. The van der Waals surface area contributed by atoms with Crippen LogP contribution in [0.25, 0.3) is 0 Å². The number of hydrogen-bond acceptors (Lipinski definition) is 2. The fourth-order valence-electron chi connectivity index (χ4n) is 1.76. The second-order valence-corrected chi connectivity index (χ2v) is 3.23. The fraction of sp³-hybridized carbons (Fsp3) is 0.300. The summed E-state index contributed by atoms with van der Waals surface area (Å²) in [4.78, 5) is 11.1. The monoisotopic (exact) mass is 212 g/mol. The Morgan fingerprint density at radius 3 is 2.93 bits per heavy atom. The first-order chi connectivity index (χ1) is 6.29. The second-order valence-electron chi connectivity index (χ2n) is 3.23. The third-order valence-electron chi connectivity index (χ3n) is 2.41.